The van der Waals surface area contributed by atoms with Crippen molar-refractivity contribution in [2.45, 2.75) is 26.7 Å². The molecule has 0 heterocycles. The second-order valence-electron chi connectivity index (χ2n) is 1.74. The number of rotatable bonds is 3. The molecule has 0 N–H and O–H groups in total. The number of allylic oxidation sites excluding steroid dienone is 2. The molecule has 0 aromatic carbocycles. The van der Waals surface area contributed by atoms with Crippen LogP contribution in [0.3, 0.4) is 0 Å². The third-order valence-electron chi connectivity index (χ3n) is 0.971. The van der Waals surface area contributed by atoms with E-state index in [4.69, 9.17) is 11.6 Å². The average Bonchev–Trinajstić information content (AvgIpc) is 1.87. The lowest BCUT2D eigenvalue weighted by Gasteiger charge is -1.90. The molecule has 0 rings (SSSR count). The summed E-state index contributed by atoms with van der Waals surface area (Å²) in [5.74, 6) is 0.0264. The van der Waals surface area contributed by atoms with Gasteiger partial charge in [-0.3, -0.25) is 4.79 Å². The van der Waals surface area contributed by atoms with Gasteiger partial charge in [-0.25, -0.2) is 0 Å². The molecule has 0 atom stereocenters. The van der Waals surface area contributed by atoms with Gasteiger partial charge in [-0.2, -0.15) is 0 Å². The molecule has 2 heteroatoms. The highest BCUT2D eigenvalue weighted by Gasteiger charge is 2.00. The summed E-state index contributed by atoms with van der Waals surface area (Å²) in [6, 6.07) is 0. The standard InChI is InChI=1S/C7H11ClO/c1-3-5-6(8)7(9)4-2/h5H,3-4H2,1-2H3/b6-5+. The zero-order chi connectivity index (χ0) is 7.28. The van der Waals surface area contributed by atoms with E-state index in [1.54, 1.807) is 13.0 Å². The fourth-order valence-corrected chi connectivity index (χ4v) is 0.750. The summed E-state index contributed by atoms with van der Waals surface area (Å²) < 4.78 is 0. The second-order valence-corrected chi connectivity index (χ2v) is 2.14. The van der Waals surface area contributed by atoms with E-state index in [1.165, 1.54) is 0 Å². The Bertz CT molecular complexity index is 127. The third-order valence-corrected chi connectivity index (χ3v) is 1.34. The molecule has 9 heavy (non-hydrogen) atoms. The number of carbonyl (C=O) groups excluding carboxylic acids is 1. The Morgan fingerprint density at radius 3 is 2.44 bits per heavy atom. The van der Waals surface area contributed by atoms with Gasteiger partial charge < -0.3 is 0 Å². The Kier molecular flexibility index (Phi) is 4.41. The van der Waals surface area contributed by atoms with Crippen molar-refractivity contribution < 1.29 is 4.79 Å². The maximum atomic E-state index is 10.7. The van der Waals surface area contributed by atoms with Crippen molar-refractivity contribution in [3.05, 3.63) is 11.1 Å². The Labute approximate surface area is 60.7 Å². The van der Waals surface area contributed by atoms with Crippen molar-refractivity contribution >= 4 is 17.4 Å². The minimum Gasteiger partial charge on any atom is -0.293 e. The molecule has 0 fully saturated rings. The number of hydrogen-bond acceptors (Lipinski definition) is 1. The summed E-state index contributed by atoms with van der Waals surface area (Å²) >= 11 is 5.54. The van der Waals surface area contributed by atoms with E-state index in [2.05, 4.69) is 0 Å². The van der Waals surface area contributed by atoms with Crippen molar-refractivity contribution in [3.63, 3.8) is 0 Å². The van der Waals surface area contributed by atoms with Gasteiger partial charge in [0.05, 0.1) is 5.03 Å². The number of Topliss-reactive ketones (excluding diaryl/α,β-unsaturated/α-hetero) is 1. The molecule has 0 saturated heterocycles. The quantitative estimate of drug-likeness (QED) is 0.560. The van der Waals surface area contributed by atoms with E-state index in [0.29, 0.717) is 11.5 Å². The number of carbonyl (C=O) groups is 1. The van der Waals surface area contributed by atoms with E-state index in [-0.39, 0.29) is 5.78 Å². The first kappa shape index (κ1) is 8.70. The van der Waals surface area contributed by atoms with Crippen LogP contribution in [0.4, 0.5) is 0 Å². The Hall–Kier alpha value is -0.300. The molecule has 0 bridgehead atoms. The maximum Gasteiger partial charge on any atom is 0.173 e. The molecule has 0 aliphatic heterocycles. The van der Waals surface area contributed by atoms with Crippen LogP contribution in [-0.4, -0.2) is 5.78 Å². The van der Waals surface area contributed by atoms with Crippen molar-refractivity contribution in [3.8, 4) is 0 Å². The molecule has 1 nitrogen and oxygen atoms in total. The largest absolute Gasteiger partial charge is 0.293 e. The van der Waals surface area contributed by atoms with Crippen molar-refractivity contribution in [1.29, 1.82) is 0 Å². The maximum absolute atomic E-state index is 10.7. The van der Waals surface area contributed by atoms with Gasteiger partial charge in [-0.1, -0.05) is 31.5 Å². The Morgan fingerprint density at radius 2 is 2.11 bits per heavy atom. The highest BCUT2D eigenvalue weighted by atomic mass is 35.5. The predicted octanol–water partition coefficient (Wildman–Crippen LogP) is 2.50. The third kappa shape index (κ3) is 3.31. The lowest BCUT2D eigenvalue weighted by molar-refractivity contribution is -0.114. The van der Waals surface area contributed by atoms with Crippen LogP contribution in [-0.2, 0) is 4.79 Å². The van der Waals surface area contributed by atoms with E-state index in [9.17, 15) is 4.79 Å². The van der Waals surface area contributed by atoms with Gasteiger partial charge in [-0.05, 0) is 6.42 Å². The van der Waals surface area contributed by atoms with Crippen LogP contribution >= 0.6 is 11.6 Å². The first-order chi connectivity index (χ1) is 4.22. The molecule has 0 aromatic rings. The molecule has 0 amide bonds. The van der Waals surface area contributed by atoms with Gasteiger partial charge in [-0.15, -0.1) is 0 Å². The van der Waals surface area contributed by atoms with Crippen molar-refractivity contribution in [2.75, 3.05) is 0 Å². The second kappa shape index (κ2) is 4.57. The zero-order valence-electron chi connectivity index (χ0n) is 5.78. The Morgan fingerprint density at radius 1 is 1.56 bits per heavy atom. The van der Waals surface area contributed by atoms with Crippen LogP contribution in [0, 0.1) is 0 Å². The Balaban J connectivity index is 3.86. The average molecular weight is 147 g/mol. The fraction of sp³-hybridized carbons (Fsp3) is 0.571. The van der Waals surface area contributed by atoms with Crippen LogP contribution in [0.5, 0.6) is 0 Å². The fourth-order valence-electron chi connectivity index (χ4n) is 0.462. The first-order valence-electron chi connectivity index (χ1n) is 3.11. The van der Waals surface area contributed by atoms with Crippen molar-refractivity contribution in [1.82, 2.24) is 0 Å². The summed E-state index contributed by atoms with van der Waals surface area (Å²) in [5, 5.41) is 0.375. The van der Waals surface area contributed by atoms with Gasteiger partial charge in [0, 0.05) is 6.42 Å². The highest BCUT2D eigenvalue weighted by Crippen LogP contribution is 2.05. The molecule has 0 unspecified atom stereocenters. The van der Waals surface area contributed by atoms with Crippen LogP contribution in [0.15, 0.2) is 11.1 Å². The highest BCUT2D eigenvalue weighted by molar-refractivity contribution is 6.42. The SMILES string of the molecule is CC/C=C(/Cl)C(=O)CC. The topological polar surface area (TPSA) is 17.1 Å². The summed E-state index contributed by atoms with van der Waals surface area (Å²) in [7, 11) is 0. The van der Waals surface area contributed by atoms with E-state index >= 15 is 0 Å². The van der Waals surface area contributed by atoms with Crippen LogP contribution in [0.1, 0.15) is 26.7 Å². The summed E-state index contributed by atoms with van der Waals surface area (Å²) in [5.41, 5.74) is 0. The minimum atomic E-state index is 0.0264. The lowest BCUT2D eigenvalue weighted by Crippen LogP contribution is -1.93. The molecule has 0 aromatic heterocycles. The van der Waals surface area contributed by atoms with E-state index in [1.807, 2.05) is 6.92 Å². The molecular weight excluding hydrogens is 136 g/mol. The molecule has 0 spiro atoms. The predicted molar refractivity (Wildman–Crippen MR) is 39.5 cm³/mol. The normalized spacial score (nSPS) is 11.7. The minimum absolute atomic E-state index is 0.0264. The zero-order valence-corrected chi connectivity index (χ0v) is 6.53. The molecule has 0 aliphatic carbocycles. The van der Waals surface area contributed by atoms with Crippen LogP contribution in [0.2, 0.25) is 0 Å². The van der Waals surface area contributed by atoms with Gasteiger partial charge in [0.1, 0.15) is 0 Å². The number of hydrogen-bond donors (Lipinski definition) is 0. The summed E-state index contributed by atoms with van der Waals surface area (Å²) in [4.78, 5) is 10.7. The molecule has 0 radical (unpaired) electrons. The number of ketones is 1. The smallest absolute Gasteiger partial charge is 0.173 e. The summed E-state index contributed by atoms with van der Waals surface area (Å²) in [6.07, 6.45) is 3.05. The molecule has 0 aliphatic rings. The molecular formula is C7H11ClO. The summed E-state index contributed by atoms with van der Waals surface area (Å²) in [6.45, 7) is 3.75. The monoisotopic (exact) mass is 146 g/mol. The van der Waals surface area contributed by atoms with Crippen molar-refractivity contribution in [2.24, 2.45) is 0 Å². The first-order valence-corrected chi connectivity index (χ1v) is 3.49. The van der Waals surface area contributed by atoms with Gasteiger partial charge in [0.15, 0.2) is 5.78 Å². The van der Waals surface area contributed by atoms with Crippen LogP contribution < -0.4 is 0 Å². The molecule has 0 saturated carbocycles. The van der Waals surface area contributed by atoms with Crippen LogP contribution in [0.25, 0.3) is 0 Å². The van der Waals surface area contributed by atoms with Gasteiger partial charge in [0.2, 0.25) is 0 Å². The number of halogens is 1. The van der Waals surface area contributed by atoms with E-state index < -0.39 is 0 Å². The van der Waals surface area contributed by atoms with E-state index in [0.717, 1.165) is 6.42 Å². The van der Waals surface area contributed by atoms with Gasteiger partial charge in [0.25, 0.3) is 0 Å². The van der Waals surface area contributed by atoms with Gasteiger partial charge >= 0.3 is 0 Å². The molecule has 52 valence electrons. The lowest BCUT2D eigenvalue weighted by atomic mass is 10.2.